The Morgan fingerprint density at radius 1 is 1.42 bits per heavy atom. The van der Waals surface area contributed by atoms with E-state index in [1.165, 1.54) is 0 Å². The number of carbonyl (C=O) groups is 1. The molecule has 0 fully saturated rings. The van der Waals surface area contributed by atoms with Crippen LogP contribution in [0.15, 0.2) is 0 Å². The Kier molecular flexibility index (Phi) is 4.29. The fourth-order valence-electron chi connectivity index (χ4n) is 0.992. The van der Waals surface area contributed by atoms with Crippen LogP contribution in [-0.4, -0.2) is 11.1 Å². The minimum Gasteiger partial charge on any atom is -0.481 e. The van der Waals surface area contributed by atoms with Gasteiger partial charge in [0.1, 0.15) is 0 Å². The lowest BCUT2D eigenvalue weighted by atomic mass is 9.79. The molecule has 1 atom stereocenters. The van der Waals surface area contributed by atoms with Gasteiger partial charge in [0.15, 0.2) is 0 Å². The molecule has 0 heterocycles. The van der Waals surface area contributed by atoms with E-state index in [4.69, 9.17) is 5.11 Å². The molecule has 1 unspecified atom stereocenters. The summed E-state index contributed by atoms with van der Waals surface area (Å²) in [5, 5.41) is 8.43. The molecule has 0 amide bonds. The van der Waals surface area contributed by atoms with E-state index in [0.29, 0.717) is 17.8 Å². The van der Waals surface area contributed by atoms with Crippen molar-refractivity contribution in [1.82, 2.24) is 0 Å². The van der Waals surface area contributed by atoms with Gasteiger partial charge in [-0.15, -0.1) is 0 Å². The van der Waals surface area contributed by atoms with Crippen LogP contribution in [0, 0.1) is 11.3 Å². The van der Waals surface area contributed by atoms with Crippen molar-refractivity contribution in [2.24, 2.45) is 11.3 Å². The Bertz CT molecular complexity index is 144. The van der Waals surface area contributed by atoms with Gasteiger partial charge in [-0.1, -0.05) is 27.7 Å². The zero-order chi connectivity index (χ0) is 9.78. The van der Waals surface area contributed by atoms with E-state index in [1.807, 2.05) is 0 Å². The Morgan fingerprint density at radius 2 is 1.92 bits per heavy atom. The fourth-order valence-corrected chi connectivity index (χ4v) is 0.992. The van der Waals surface area contributed by atoms with Crippen LogP contribution in [0.25, 0.3) is 0 Å². The van der Waals surface area contributed by atoms with Crippen LogP contribution in [0.2, 0.25) is 0 Å². The second kappa shape index (κ2) is 4.48. The first-order valence-electron chi connectivity index (χ1n) is 4.56. The van der Waals surface area contributed by atoms with Crippen molar-refractivity contribution in [3.05, 3.63) is 0 Å². The van der Waals surface area contributed by atoms with Gasteiger partial charge in [0.25, 0.3) is 0 Å². The van der Waals surface area contributed by atoms with Crippen LogP contribution in [0.3, 0.4) is 0 Å². The van der Waals surface area contributed by atoms with Gasteiger partial charge < -0.3 is 5.11 Å². The van der Waals surface area contributed by atoms with Crippen molar-refractivity contribution in [3.63, 3.8) is 0 Å². The molecular weight excluding hydrogens is 152 g/mol. The van der Waals surface area contributed by atoms with Crippen molar-refractivity contribution in [2.75, 3.05) is 0 Å². The first-order chi connectivity index (χ1) is 5.34. The zero-order valence-corrected chi connectivity index (χ0v) is 8.55. The molecule has 0 aromatic carbocycles. The molecule has 2 nitrogen and oxygen atoms in total. The molecule has 2 heteroatoms. The van der Waals surface area contributed by atoms with Gasteiger partial charge in [0.2, 0.25) is 0 Å². The van der Waals surface area contributed by atoms with Crippen LogP contribution in [0.1, 0.15) is 47.0 Å². The summed E-state index contributed by atoms with van der Waals surface area (Å²) >= 11 is 0. The fraction of sp³-hybridized carbons (Fsp3) is 0.900. The summed E-state index contributed by atoms with van der Waals surface area (Å²) in [6, 6.07) is 0. The lowest BCUT2D eigenvalue weighted by Crippen LogP contribution is -2.17. The Labute approximate surface area is 75.0 Å². The molecule has 0 bridgehead atoms. The minimum atomic E-state index is -0.684. The Hall–Kier alpha value is -0.530. The van der Waals surface area contributed by atoms with Gasteiger partial charge in [0.05, 0.1) is 0 Å². The number of aliphatic carboxylic acids is 1. The Morgan fingerprint density at radius 3 is 2.25 bits per heavy atom. The number of rotatable bonds is 4. The van der Waals surface area contributed by atoms with E-state index in [0.717, 1.165) is 12.8 Å². The summed E-state index contributed by atoms with van der Waals surface area (Å²) in [5.41, 5.74) is 0.304. The van der Waals surface area contributed by atoms with Crippen LogP contribution in [0.5, 0.6) is 0 Å². The van der Waals surface area contributed by atoms with E-state index >= 15 is 0 Å². The molecule has 0 radical (unpaired) electrons. The van der Waals surface area contributed by atoms with Crippen LogP contribution < -0.4 is 0 Å². The number of hydrogen-bond donors (Lipinski definition) is 1. The average Bonchev–Trinajstić information content (AvgIpc) is 1.84. The largest absolute Gasteiger partial charge is 0.481 e. The van der Waals surface area contributed by atoms with Crippen molar-refractivity contribution >= 4 is 5.97 Å². The zero-order valence-electron chi connectivity index (χ0n) is 8.55. The number of carboxylic acids is 1. The van der Waals surface area contributed by atoms with Gasteiger partial charge in [-0.3, -0.25) is 4.79 Å². The summed E-state index contributed by atoms with van der Waals surface area (Å²) < 4.78 is 0. The molecule has 0 aliphatic rings. The van der Waals surface area contributed by atoms with Gasteiger partial charge in [-0.2, -0.15) is 0 Å². The molecule has 0 aliphatic heterocycles. The van der Waals surface area contributed by atoms with Gasteiger partial charge in [-0.05, 0) is 24.2 Å². The van der Waals surface area contributed by atoms with E-state index in [9.17, 15) is 4.79 Å². The molecule has 72 valence electrons. The maximum atomic E-state index is 10.2. The quantitative estimate of drug-likeness (QED) is 0.708. The SMILES string of the molecule is CC(CCCC(=O)O)C(C)(C)C. The summed E-state index contributed by atoms with van der Waals surface area (Å²) in [7, 11) is 0. The summed E-state index contributed by atoms with van der Waals surface area (Å²) in [5.74, 6) is -0.0899. The molecule has 0 aromatic rings. The maximum Gasteiger partial charge on any atom is 0.303 e. The second-order valence-corrected chi connectivity index (χ2v) is 4.55. The van der Waals surface area contributed by atoms with Crippen molar-refractivity contribution in [2.45, 2.75) is 47.0 Å². The third-order valence-corrected chi connectivity index (χ3v) is 2.51. The smallest absolute Gasteiger partial charge is 0.303 e. The highest BCUT2D eigenvalue weighted by atomic mass is 16.4. The first kappa shape index (κ1) is 11.5. The van der Waals surface area contributed by atoms with E-state index < -0.39 is 5.97 Å². The number of hydrogen-bond acceptors (Lipinski definition) is 1. The third-order valence-electron chi connectivity index (χ3n) is 2.51. The molecule has 12 heavy (non-hydrogen) atoms. The second-order valence-electron chi connectivity index (χ2n) is 4.55. The van der Waals surface area contributed by atoms with Crippen molar-refractivity contribution in [1.29, 1.82) is 0 Å². The highest BCUT2D eigenvalue weighted by Crippen LogP contribution is 2.29. The molecule has 0 aromatic heterocycles. The molecular formula is C10H20O2. The molecule has 0 saturated heterocycles. The predicted octanol–water partition coefficient (Wildman–Crippen LogP) is 2.92. The van der Waals surface area contributed by atoms with Gasteiger partial charge in [0, 0.05) is 6.42 Å². The lowest BCUT2D eigenvalue weighted by molar-refractivity contribution is -0.137. The normalized spacial score (nSPS) is 14.3. The Balaban J connectivity index is 3.58. The number of carboxylic acid groups (broad SMARTS) is 1. The molecule has 0 saturated carbocycles. The van der Waals surface area contributed by atoms with Crippen LogP contribution in [-0.2, 0) is 4.79 Å². The van der Waals surface area contributed by atoms with E-state index in [2.05, 4.69) is 27.7 Å². The summed E-state index contributed by atoms with van der Waals surface area (Å²) in [4.78, 5) is 10.2. The molecule has 1 N–H and O–H groups in total. The first-order valence-corrected chi connectivity index (χ1v) is 4.56. The standard InChI is InChI=1S/C10H20O2/c1-8(10(2,3)4)6-5-7-9(11)12/h8H,5-7H2,1-4H3,(H,11,12). The highest BCUT2D eigenvalue weighted by molar-refractivity contribution is 5.66. The van der Waals surface area contributed by atoms with E-state index in [1.54, 1.807) is 0 Å². The predicted molar refractivity (Wildman–Crippen MR) is 50.1 cm³/mol. The van der Waals surface area contributed by atoms with Crippen molar-refractivity contribution in [3.8, 4) is 0 Å². The van der Waals surface area contributed by atoms with Crippen LogP contribution >= 0.6 is 0 Å². The highest BCUT2D eigenvalue weighted by Gasteiger charge is 2.19. The minimum absolute atomic E-state index is 0.304. The molecule has 0 aliphatic carbocycles. The molecule has 0 rings (SSSR count). The molecule has 0 spiro atoms. The van der Waals surface area contributed by atoms with Crippen LogP contribution in [0.4, 0.5) is 0 Å². The lowest BCUT2D eigenvalue weighted by Gasteiger charge is -2.26. The topological polar surface area (TPSA) is 37.3 Å². The average molecular weight is 172 g/mol. The van der Waals surface area contributed by atoms with Gasteiger partial charge >= 0.3 is 5.97 Å². The maximum absolute atomic E-state index is 10.2. The summed E-state index contributed by atoms with van der Waals surface area (Å²) in [6.07, 6.45) is 2.12. The monoisotopic (exact) mass is 172 g/mol. The third kappa shape index (κ3) is 5.16. The van der Waals surface area contributed by atoms with Gasteiger partial charge in [-0.25, -0.2) is 0 Å². The van der Waals surface area contributed by atoms with E-state index in [-0.39, 0.29) is 0 Å². The summed E-state index contributed by atoms with van der Waals surface area (Å²) in [6.45, 7) is 8.76. The van der Waals surface area contributed by atoms with Crippen molar-refractivity contribution < 1.29 is 9.90 Å².